The average molecular weight is 386 g/mol. The summed E-state index contributed by atoms with van der Waals surface area (Å²) in [5, 5.41) is 2.97. The molecule has 29 heavy (non-hydrogen) atoms. The molecule has 0 atom stereocenters. The molecule has 1 N–H and O–H groups in total. The number of anilines is 2. The molecule has 0 saturated heterocycles. The predicted octanol–water partition coefficient (Wildman–Crippen LogP) is 3.80. The van der Waals surface area contributed by atoms with E-state index < -0.39 is 0 Å². The number of fused-ring (bicyclic) bond motifs is 2. The Morgan fingerprint density at radius 2 is 1.76 bits per heavy atom. The highest BCUT2D eigenvalue weighted by molar-refractivity contribution is 6.06. The van der Waals surface area contributed by atoms with Gasteiger partial charge in [0.05, 0.1) is 22.4 Å². The molecule has 1 aliphatic carbocycles. The highest BCUT2D eigenvalue weighted by atomic mass is 16.2. The lowest BCUT2D eigenvalue weighted by Crippen LogP contribution is -2.30. The number of carbonyl (C=O) groups is 2. The van der Waals surface area contributed by atoms with Crippen LogP contribution in [0.1, 0.15) is 40.2 Å². The van der Waals surface area contributed by atoms with Crippen molar-refractivity contribution < 1.29 is 9.59 Å². The third-order valence-corrected chi connectivity index (χ3v) is 5.76. The Kier molecular flexibility index (Phi) is 4.08. The van der Waals surface area contributed by atoms with Crippen molar-refractivity contribution in [1.29, 1.82) is 0 Å². The second-order valence-electron chi connectivity index (χ2n) is 7.91. The molecule has 0 spiro atoms. The monoisotopic (exact) mass is 386 g/mol. The molecule has 0 unspecified atom stereocenters. The summed E-state index contributed by atoms with van der Waals surface area (Å²) in [6.45, 7) is 4.57. The van der Waals surface area contributed by atoms with Gasteiger partial charge in [-0.2, -0.15) is 0 Å². The van der Waals surface area contributed by atoms with Crippen molar-refractivity contribution in [2.75, 3.05) is 16.8 Å². The van der Waals surface area contributed by atoms with Crippen LogP contribution >= 0.6 is 0 Å². The van der Waals surface area contributed by atoms with E-state index in [1.807, 2.05) is 43.0 Å². The highest BCUT2D eigenvalue weighted by Gasteiger charge is 2.36. The number of amides is 2. The number of aromatic nitrogens is 2. The van der Waals surface area contributed by atoms with E-state index in [4.69, 9.17) is 0 Å². The summed E-state index contributed by atoms with van der Waals surface area (Å²) < 4.78 is 0. The van der Waals surface area contributed by atoms with E-state index in [-0.39, 0.29) is 17.7 Å². The molecule has 1 fully saturated rings. The molecule has 0 bridgehead atoms. The molecule has 2 heterocycles. The third-order valence-electron chi connectivity index (χ3n) is 5.76. The largest absolute Gasteiger partial charge is 0.322 e. The number of aryl methyl sites for hydroxylation is 2. The minimum absolute atomic E-state index is 0.184. The van der Waals surface area contributed by atoms with Gasteiger partial charge in [-0.15, -0.1) is 0 Å². The second kappa shape index (κ2) is 6.65. The summed E-state index contributed by atoms with van der Waals surface area (Å²) >= 11 is 0. The maximum Gasteiger partial charge on any atom is 0.255 e. The lowest BCUT2D eigenvalue weighted by Gasteiger charge is -2.17. The summed E-state index contributed by atoms with van der Waals surface area (Å²) in [5.74, 6) is 0.267. The Balaban J connectivity index is 1.36. The van der Waals surface area contributed by atoms with E-state index in [1.165, 1.54) is 0 Å². The van der Waals surface area contributed by atoms with Gasteiger partial charge in [0.1, 0.15) is 0 Å². The van der Waals surface area contributed by atoms with Crippen molar-refractivity contribution in [3.8, 4) is 0 Å². The molecule has 6 nitrogen and oxygen atoms in total. The third kappa shape index (κ3) is 3.24. The summed E-state index contributed by atoms with van der Waals surface area (Å²) in [6.07, 6.45) is 2.84. The van der Waals surface area contributed by atoms with Gasteiger partial charge in [-0.05, 0) is 75.1 Å². The van der Waals surface area contributed by atoms with Crippen LogP contribution in [0.3, 0.4) is 0 Å². The number of nitrogens with one attached hydrogen (secondary N) is 1. The molecule has 3 aromatic rings. The van der Waals surface area contributed by atoms with Gasteiger partial charge in [0, 0.05) is 29.4 Å². The zero-order valence-corrected chi connectivity index (χ0v) is 16.5. The number of hydrogen-bond donors (Lipinski definition) is 1. The molecule has 2 aliphatic rings. The van der Waals surface area contributed by atoms with E-state index in [1.54, 1.807) is 12.1 Å². The standard InChI is InChI=1S/C23H22N4O2/c1-13-14(2)25-20-12-17(5-7-19(20)24-13)22(28)26-18-6-8-21-16(11-18)9-10-27(21)23(29)15-3-4-15/h5-8,11-12,15H,3-4,9-10H2,1-2H3,(H,26,28). The van der Waals surface area contributed by atoms with Gasteiger partial charge >= 0.3 is 0 Å². The molecular formula is C23H22N4O2. The molecule has 1 aromatic heterocycles. The zero-order chi connectivity index (χ0) is 20.1. The number of rotatable bonds is 3. The van der Waals surface area contributed by atoms with E-state index in [2.05, 4.69) is 15.3 Å². The zero-order valence-electron chi connectivity index (χ0n) is 16.5. The fourth-order valence-corrected chi connectivity index (χ4v) is 3.83. The quantitative estimate of drug-likeness (QED) is 0.743. The van der Waals surface area contributed by atoms with Crippen molar-refractivity contribution in [3.63, 3.8) is 0 Å². The van der Waals surface area contributed by atoms with Crippen LogP contribution in [-0.2, 0) is 11.2 Å². The Hall–Kier alpha value is -3.28. The number of hydrogen-bond acceptors (Lipinski definition) is 4. The topological polar surface area (TPSA) is 75.2 Å². The molecule has 2 amide bonds. The average Bonchev–Trinajstić information content (AvgIpc) is 3.47. The van der Waals surface area contributed by atoms with Crippen molar-refractivity contribution in [1.82, 2.24) is 9.97 Å². The second-order valence-corrected chi connectivity index (χ2v) is 7.91. The summed E-state index contributed by atoms with van der Waals surface area (Å²) in [5.41, 5.74) is 6.60. The van der Waals surface area contributed by atoms with Gasteiger partial charge in [-0.3, -0.25) is 9.59 Å². The number of benzene rings is 2. The van der Waals surface area contributed by atoms with E-state index >= 15 is 0 Å². The SMILES string of the molecule is Cc1nc2ccc(C(=O)Nc3ccc4c(c3)CCN4C(=O)C3CC3)cc2nc1C. The van der Waals surface area contributed by atoms with Gasteiger partial charge in [0.2, 0.25) is 5.91 Å². The summed E-state index contributed by atoms with van der Waals surface area (Å²) in [4.78, 5) is 36.1. The van der Waals surface area contributed by atoms with Crippen molar-refractivity contribution in [3.05, 3.63) is 58.9 Å². The van der Waals surface area contributed by atoms with Crippen LogP contribution in [0.5, 0.6) is 0 Å². The summed E-state index contributed by atoms with van der Waals surface area (Å²) in [7, 11) is 0. The van der Waals surface area contributed by atoms with Gasteiger partial charge in [0.15, 0.2) is 0 Å². The first-order valence-electron chi connectivity index (χ1n) is 10.0. The highest BCUT2D eigenvalue weighted by Crippen LogP contribution is 2.37. The van der Waals surface area contributed by atoms with Crippen molar-refractivity contribution in [2.45, 2.75) is 33.1 Å². The smallest absolute Gasteiger partial charge is 0.255 e. The van der Waals surface area contributed by atoms with Gasteiger partial charge in [-0.1, -0.05) is 0 Å². The molecular weight excluding hydrogens is 364 g/mol. The van der Waals surface area contributed by atoms with Crippen LogP contribution in [-0.4, -0.2) is 28.3 Å². The van der Waals surface area contributed by atoms with E-state index in [0.29, 0.717) is 11.1 Å². The minimum atomic E-state index is -0.184. The van der Waals surface area contributed by atoms with Crippen LogP contribution in [0.15, 0.2) is 36.4 Å². The summed E-state index contributed by atoms with van der Waals surface area (Å²) in [6, 6.07) is 11.1. The van der Waals surface area contributed by atoms with Crippen LogP contribution in [0, 0.1) is 19.8 Å². The first-order chi connectivity index (χ1) is 14.0. The Morgan fingerprint density at radius 3 is 2.52 bits per heavy atom. The Bertz CT molecular complexity index is 1170. The molecule has 2 aromatic carbocycles. The first-order valence-corrected chi connectivity index (χ1v) is 10.0. The normalized spacial score (nSPS) is 15.4. The van der Waals surface area contributed by atoms with Gasteiger partial charge in [0.25, 0.3) is 5.91 Å². The Morgan fingerprint density at radius 1 is 1.00 bits per heavy atom. The fourth-order valence-electron chi connectivity index (χ4n) is 3.83. The van der Waals surface area contributed by atoms with Gasteiger partial charge in [-0.25, -0.2) is 9.97 Å². The number of nitrogens with zero attached hydrogens (tertiary/aromatic N) is 3. The molecule has 6 heteroatoms. The van der Waals surface area contributed by atoms with Gasteiger partial charge < -0.3 is 10.2 Å². The maximum absolute atomic E-state index is 12.8. The van der Waals surface area contributed by atoms with Crippen LogP contribution < -0.4 is 10.2 Å². The molecule has 1 saturated carbocycles. The van der Waals surface area contributed by atoms with Crippen molar-refractivity contribution >= 4 is 34.2 Å². The van der Waals surface area contributed by atoms with Crippen LogP contribution in [0.4, 0.5) is 11.4 Å². The van der Waals surface area contributed by atoms with Crippen molar-refractivity contribution in [2.24, 2.45) is 5.92 Å². The van der Waals surface area contributed by atoms with Crippen LogP contribution in [0.25, 0.3) is 11.0 Å². The molecule has 5 rings (SSSR count). The first kappa shape index (κ1) is 17.8. The lowest BCUT2D eigenvalue weighted by atomic mass is 10.1. The molecule has 1 aliphatic heterocycles. The number of carbonyl (C=O) groups excluding carboxylic acids is 2. The molecule has 146 valence electrons. The minimum Gasteiger partial charge on any atom is -0.322 e. The fraction of sp³-hybridized carbons (Fsp3) is 0.304. The van der Waals surface area contributed by atoms with E-state index in [0.717, 1.165) is 59.7 Å². The lowest BCUT2D eigenvalue weighted by molar-refractivity contribution is -0.119. The predicted molar refractivity (Wildman–Crippen MR) is 112 cm³/mol. The van der Waals surface area contributed by atoms with Crippen LogP contribution in [0.2, 0.25) is 0 Å². The Labute approximate surface area is 169 Å². The molecule has 0 radical (unpaired) electrons. The van der Waals surface area contributed by atoms with E-state index in [9.17, 15) is 9.59 Å². The maximum atomic E-state index is 12.8.